The minimum atomic E-state index is -3.46. The summed E-state index contributed by atoms with van der Waals surface area (Å²) in [6.45, 7) is 11.0. The third-order valence-electron chi connectivity index (χ3n) is 6.57. The molecule has 174 valence electrons. The fraction of sp³-hybridized carbons (Fsp3) is 0.583. The van der Waals surface area contributed by atoms with Crippen molar-refractivity contribution in [3.8, 4) is 0 Å². The first kappa shape index (κ1) is 23.0. The molecule has 1 saturated heterocycles. The molecule has 2 aliphatic rings. The van der Waals surface area contributed by atoms with Crippen molar-refractivity contribution in [3.63, 3.8) is 0 Å². The van der Waals surface area contributed by atoms with E-state index in [-0.39, 0.29) is 5.91 Å². The van der Waals surface area contributed by atoms with Crippen molar-refractivity contribution in [2.75, 3.05) is 24.5 Å². The molecular formula is C24H34N4O3S. The molecule has 3 heterocycles. The first-order valence-electron chi connectivity index (χ1n) is 11.6. The first-order valence-corrected chi connectivity index (χ1v) is 13.1. The van der Waals surface area contributed by atoms with Crippen LogP contribution in [0.5, 0.6) is 0 Å². The molecule has 4 rings (SSSR count). The second-order valence-electron chi connectivity index (χ2n) is 9.45. The van der Waals surface area contributed by atoms with Crippen LogP contribution in [0.25, 0.3) is 0 Å². The molecule has 0 unspecified atom stereocenters. The van der Waals surface area contributed by atoms with E-state index in [0.29, 0.717) is 36.9 Å². The number of aryl methyl sites for hydroxylation is 2. The molecule has 0 bridgehead atoms. The zero-order chi connectivity index (χ0) is 23.0. The maximum atomic E-state index is 13.3. The van der Waals surface area contributed by atoms with Gasteiger partial charge < -0.3 is 4.90 Å². The van der Waals surface area contributed by atoms with E-state index >= 15 is 0 Å². The predicted octanol–water partition coefficient (Wildman–Crippen LogP) is 3.46. The summed E-state index contributed by atoms with van der Waals surface area (Å²) in [5.74, 6) is 0.521. The average Bonchev–Trinajstić information content (AvgIpc) is 3.38. The van der Waals surface area contributed by atoms with Crippen molar-refractivity contribution in [3.05, 3.63) is 40.7 Å². The van der Waals surface area contributed by atoms with E-state index in [2.05, 4.69) is 18.9 Å². The van der Waals surface area contributed by atoms with Crippen LogP contribution in [0.1, 0.15) is 55.6 Å². The van der Waals surface area contributed by atoms with Crippen LogP contribution in [0.15, 0.2) is 23.1 Å². The van der Waals surface area contributed by atoms with Gasteiger partial charge >= 0.3 is 0 Å². The van der Waals surface area contributed by atoms with Gasteiger partial charge in [0.15, 0.2) is 0 Å². The van der Waals surface area contributed by atoms with Gasteiger partial charge in [0, 0.05) is 43.1 Å². The average molecular weight is 459 g/mol. The molecule has 2 aliphatic heterocycles. The summed E-state index contributed by atoms with van der Waals surface area (Å²) >= 11 is 0. The molecule has 0 saturated carbocycles. The predicted molar refractivity (Wildman–Crippen MR) is 125 cm³/mol. The third-order valence-corrected chi connectivity index (χ3v) is 8.47. The van der Waals surface area contributed by atoms with Gasteiger partial charge in [-0.1, -0.05) is 13.8 Å². The third kappa shape index (κ3) is 4.35. The summed E-state index contributed by atoms with van der Waals surface area (Å²) in [6, 6.07) is 5.26. The van der Waals surface area contributed by atoms with Crippen molar-refractivity contribution in [1.82, 2.24) is 14.1 Å². The van der Waals surface area contributed by atoms with E-state index in [1.54, 1.807) is 16.4 Å². The topological polar surface area (TPSA) is 75.5 Å². The number of carbonyl (C=O) groups excluding carboxylic acids is 1. The van der Waals surface area contributed by atoms with E-state index in [1.165, 1.54) is 0 Å². The lowest BCUT2D eigenvalue weighted by Gasteiger charge is -2.30. The highest BCUT2D eigenvalue weighted by Crippen LogP contribution is 2.32. The Bertz CT molecular complexity index is 1110. The monoisotopic (exact) mass is 458 g/mol. The highest BCUT2D eigenvalue weighted by molar-refractivity contribution is 7.89. The summed E-state index contributed by atoms with van der Waals surface area (Å²) in [7, 11) is -3.46. The number of aromatic nitrogens is 2. The Balaban J connectivity index is 1.57. The fourth-order valence-electron chi connectivity index (χ4n) is 4.83. The summed E-state index contributed by atoms with van der Waals surface area (Å²) in [4.78, 5) is 15.5. The lowest BCUT2D eigenvalue weighted by atomic mass is 10.0. The maximum absolute atomic E-state index is 13.3. The summed E-state index contributed by atoms with van der Waals surface area (Å²) in [6.07, 6.45) is 3.75. The van der Waals surface area contributed by atoms with Gasteiger partial charge in [-0.25, -0.2) is 8.42 Å². The van der Waals surface area contributed by atoms with Crippen LogP contribution in [0.4, 0.5) is 5.69 Å². The van der Waals surface area contributed by atoms with Crippen molar-refractivity contribution < 1.29 is 13.2 Å². The Hall–Kier alpha value is -2.19. The molecule has 32 heavy (non-hydrogen) atoms. The van der Waals surface area contributed by atoms with Crippen molar-refractivity contribution in [1.29, 1.82) is 0 Å². The van der Waals surface area contributed by atoms with E-state index in [9.17, 15) is 13.2 Å². The summed E-state index contributed by atoms with van der Waals surface area (Å²) in [5, 5.41) is 4.64. The van der Waals surface area contributed by atoms with Gasteiger partial charge in [-0.3, -0.25) is 9.48 Å². The van der Waals surface area contributed by atoms with Crippen LogP contribution >= 0.6 is 0 Å². The lowest BCUT2D eigenvalue weighted by molar-refractivity contribution is -0.118. The van der Waals surface area contributed by atoms with Crippen LogP contribution in [0.2, 0.25) is 0 Å². The molecule has 1 aromatic heterocycles. The number of rotatable bonds is 6. The molecule has 0 N–H and O–H groups in total. The molecule has 0 atom stereocenters. The zero-order valence-electron chi connectivity index (χ0n) is 19.6. The Morgan fingerprint density at radius 2 is 1.81 bits per heavy atom. The van der Waals surface area contributed by atoms with Crippen LogP contribution in [-0.2, 0) is 34.2 Å². The van der Waals surface area contributed by atoms with Gasteiger partial charge in [-0.15, -0.1) is 0 Å². The Morgan fingerprint density at radius 1 is 1.09 bits per heavy atom. The van der Waals surface area contributed by atoms with Gasteiger partial charge in [0.1, 0.15) is 0 Å². The van der Waals surface area contributed by atoms with Crippen LogP contribution in [0.3, 0.4) is 0 Å². The van der Waals surface area contributed by atoms with Gasteiger partial charge in [0.05, 0.1) is 17.0 Å². The number of fused-ring (bicyclic) bond motifs is 1. The number of benzene rings is 1. The van der Waals surface area contributed by atoms with Crippen LogP contribution in [-0.4, -0.2) is 48.0 Å². The number of anilines is 1. The quantitative estimate of drug-likeness (QED) is 0.664. The Labute approximate surface area is 191 Å². The molecule has 7 nitrogen and oxygen atoms in total. The number of hydrogen-bond donors (Lipinski definition) is 0. The Morgan fingerprint density at radius 3 is 2.50 bits per heavy atom. The lowest BCUT2D eigenvalue weighted by Crippen LogP contribution is -2.37. The first-order chi connectivity index (χ1) is 15.2. The number of amides is 1. The second-order valence-corrected chi connectivity index (χ2v) is 11.4. The SMILES string of the molecule is Cc1nn(CC(C)C)c(C)c1CC(=O)N1CCCc2cc(S(=O)(=O)N3CCCC3)ccc21. The van der Waals surface area contributed by atoms with Crippen molar-refractivity contribution in [2.45, 2.75) is 71.2 Å². The molecule has 8 heteroatoms. The summed E-state index contributed by atoms with van der Waals surface area (Å²) < 4.78 is 29.5. The summed E-state index contributed by atoms with van der Waals surface area (Å²) in [5.41, 5.74) is 4.73. The number of nitrogens with zero attached hydrogens (tertiary/aromatic N) is 4. The van der Waals surface area contributed by atoms with Gasteiger partial charge in [0.25, 0.3) is 0 Å². The number of carbonyl (C=O) groups is 1. The van der Waals surface area contributed by atoms with E-state index in [4.69, 9.17) is 0 Å². The Kier molecular flexibility index (Phi) is 6.45. The largest absolute Gasteiger partial charge is 0.312 e. The highest BCUT2D eigenvalue weighted by Gasteiger charge is 2.30. The second kappa shape index (κ2) is 8.98. The minimum Gasteiger partial charge on any atom is -0.312 e. The molecule has 0 spiro atoms. The smallest absolute Gasteiger partial charge is 0.243 e. The van der Waals surface area contributed by atoms with Crippen molar-refractivity contribution >= 4 is 21.6 Å². The molecule has 1 fully saturated rings. The number of sulfonamides is 1. The van der Waals surface area contributed by atoms with Gasteiger partial charge in [0.2, 0.25) is 15.9 Å². The molecule has 0 aliphatic carbocycles. The molecule has 2 aromatic rings. The van der Waals surface area contributed by atoms with E-state index in [0.717, 1.165) is 60.4 Å². The standard InChI is InChI=1S/C24H34N4O3S/c1-17(2)16-28-19(4)22(18(3)25-28)15-24(29)27-13-7-8-20-14-21(9-10-23(20)27)32(30,31)26-11-5-6-12-26/h9-10,14,17H,5-8,11-13,15-16H2,1-4H3. The van der Waals surface area contributed by atoms with Crippen molar-refractivity contribution in [2.24, 2.45) is 5.92 Å². The molecular weight excluding hydrogens is 424 g/mol. The minimum absolute atomic E-state index is 0.0383. The van der Waals surface area contributed by atoms with E-state index < -0.39 is 10.0 Å². The maximum Gasteiger partial charge on any atom is 0.243 e. The normalized spacial score (nSPS) is 17.2. The van der Waals surface area contributed by atoms with Crippen LogP contribution < -0.4 is 4.90 Å². The van der Waals surface area contributed by atoms with Crippen LogP contribution in [0, 0.1) is 19.8 Å². The van der Waals surface area contributed by atoms with E-state index in [1.807, 2.05) is 29.5 Å². The van der Waals surface area contributed by atoms with Gasteiger partial charge in [-0.05, 0) is 69.2 Å². The zero-order valence-corrected chi connectivity index (χ0v) is 20.4. The fourth-order valence-corrected chi connectivity index (χ4v) is 6.40. The van der Waals surface area contributed by atoms with Gasteiger partial charge in [-0.2, -0.15) is 9.40 Å². The highest BCUT2D eigenvalue weighted by atomic mass is 32.2. The molecule has 1 aromatic carbocycles. The molecule has 0 radical (unpaired) electrons. The number of hydrogen-bond acceptors (Lipinski definition) is 4. The molecule has 1 amide bonds.